The molecule has 0 unspecified atom stereocenters. The Balaban J connectivity index is 2.76. The fraction of sp³-hybridized carbons (Fsp3) is 1.00. The first kappa shape index (κ1) is 13.4. The molecule has 0 saturated heterocycles. The van der Waals surface area contributed by atoms with Gasteiger partial charge in [0.2, 0.25) is 0 Å². The van der Waals surface area contributed by atoms with E-state index in [1.165, 1.54) is 70.4 Å². The normalized spacial score (nSPS) is 10.6. The largest absolute Gasteiger partial charge is 0.558 e. The molecule has 0 aliphatic carbocycles. The average molecular weight is 201 g/mol. The fourth-order valence-corrected chi connectivity index (χ4v) is 1.86. The van der Waals surface area contributed by atoms with Gasteiger partial charge in [-0.15, -0.1) is 0 Å². The van der Waals surface area contributed by atoms with E-state index in [0.717, 1.165) is 0 Å². The number of hydrogen-bond acceptors (Lipinski definition) is 0. The lowest BCUT2D eigenvalue weighted by Crippen LogP contribution is -1.81. The van der Waals surface area contributed by atoms with Crippen LogP contribution in [0.1, 0.15) is 71.1 Å². The van der Waals surface area contributed by atoms with Crippen LogP contribution in [0.3, 0.4) is 0 Å². The molecule has 0 aromatic carbocycles. The zero-order valence-electron chi connectivity index (χ0n) is 9.28. The Hall–Kier alpha value is 0.430. The third-order valence-electron chi connectivity index (χ3n) is 2.53. The Bertz CT molecular complexity index is 71.2. The van der Waals surface area contributed by atoms with Gasteiger partial charge in [0, 0.05) is 0 Å². The molecule has 0 radical (unpaired) electrons. The molecule has 0 aliphatic heterocycles. The van der Waals surface area contributed by atoms with Gasteiger partial charge < -0.3 is 9.24 Å². The van der Waals surface area contributed by atoms with Crippen molar-refractivity contribution in [1.29, 1.82) is 0 Å². The second kappa shape index (κ2) is 12.4. The average Bonchev–Trinajstić information content (AvgIpc) is 2.16. The van der Waals surface area contributed by atoms with E-state index in [1.807, 2.05) is 0 Å². The Morgan fingerprint density at radius 2 is 1.00 bits per heavy atom. The van der Waals surface area contributed by atoms with E-state index in [-0.39, 0.29) is 0 Å². The quantitative estimate of drug-likeness (QED) is 0.343. The van der Waals surface area contributed by atoms with Crippen LogP contribution >= 0.6 is 9.24 Å². The molecule has 13 heavy (non-hydrogen) atoms. The van der Waals surface area contributed by atoms with Crippen molar-refractivity contribution < 1.29 is 0 Å². The second-order valence-corrected chi connectivity index (χ2v) is 4.43. The van der Waals surface area contributed by atoms with E-state index in [0.29, 0.717) is 0 Å². The van der Waals surface area contributed by atoms with Crippen molar-refractivity contribution >= 4 is 9.24 Å². The van der Waals surface area contributed by atoms with Crippen LogP contribution in [0.2, 0.25) is 0 Å². The maximum Gasteiger partial charge on any atom is -0.0533 e. The van der Waals surface area contributed by atoms with Crippen molar-refractivity contribution in [2.75, 3.05) is 6.16 Å². The lowest BCUT2D eigenvalue weighted by molar-refractivity contribution is 0.563. The van der Waals surface area contributed by atoms with Gasteiger partial charge in [0.15, 0.2) is 0 Å². The van der Waals surface area contributed by atoms with Gasteiger partial charge in [-0.25, -0.2) is 0 Å². The van der Waals surface area contributed by atoms with Gasteiger partial charge in [-0.3, -0.25) is 0 Å². The molecule has 0 N–H and O–H groups in total. The molecule has 0 heterocycles. The Morgan fingerprint density at radius 1 is 0.615 bits per heavy atom. The monoisotopic (exact) mass is 201 g/mol. The van der Waals surface area contributed by atoms with Crippen molar-refractivity contribution in [3.63, 3.8) is 0 Å². The molecule has 0 rings (SSSR count). The van der Waals surface area contributed by atoms with E-state index in [2.05, 4.69) is 16.2 Å². The topological polar surface area (TPSA) is 0 Å². The van der Waals surface area contributed by atoms with Crippen molar-refractivity contribution in [3.05, 3.63) is 0 Å². The van der Waals surface area contributed by atoms with Crippen LogP contribution in [0.4, 0.5) is 0 Å². The first-order valence-corrected chi connectivity index (χ1v) is 6.77. The minimum atomic E-state index is 1.18. The summed E-state index contributed by atoms with van der Waals surface area (Å²) in [6, 6.07) is 0. The van der Waals surface area contributed by atoms with Gasteiger partial charge in [-0.1, -0.05) is 71.1 Å². The summed E-state index contributed by atoms with van der Waals surface area (Å²) in [7, 11) is 3.50. The van der Waals surface area contributed by atoms with Crippen LogP contribution in [0.5, 0.6) is 0 Å². The lowest BCUT2D eigenvalue weighted by atomic mass is 10.1. The molecule has 0 atom stereocenters. The maximum absolute atomic E-state index is 3.50. The zero-order valence-corrected chi connectivity index (χ0v) is 10.3. The molecule has 0 aromatic heterocycles. The summed E-state index contributed by atoms with van der Waals surface area (Å²) in [6.07, 6.45) is 15.5. The number of rotatable bonds is 10. The molecule has 0 aliphatic rings. The Morgan fingerprint density at radius 3 is 1.38 bits per heavy atom. The Kier molecular flexibility index (Phi) is 12.8. The van der Waals surface area contributed by atoms with Gasteiger partial charge in [-0.2, -0.15) is 6.16 Å². The predicted octanol–water partition coefficient (Wildman–Crippen LogP) is 5.05. The van der Waals surface area contributed by atoms with Crippen LogP contribution in [0.25, 0.3) is 0 Å². The summed E-state index contributed by atoms with van der Waals surface area (Å²) >= 11 is 0. The highest BCUT2D eigenvalue weighted by molar-refractivity contribution is 7.16. The molecule has 1 heteroatoms. The third-order valence-corrected chi connectivity index (χ3v) is 2.88. The molecular formula is C12H26P-. The van der Waals surface area contributed by atoms with Crippen molar-refractivity contribution in [1.82, 2.24) is 0 Å². The fourth-order valence-electron chi connectivity index (χ4n) is 1.61. The summed E-state index contributed by atoms with van der Waals surface area (Å²) in [4.78, 5) is 0. The van der Waals surface area contributed by atoms with Gasteiger partial charge in [0.25, 0.3) is 0 Å². The molecule has 80 valence electrons. The van der Waals surface area contributed by atoms with Crippen LogP contribution < -0.4 is 0 Å². The van der Waals surface area contributed by atoms with E-state index in [1.54, 1.807) is 0 Å². The molecule has 0 bridgehead atoms. The van der Waals surface area contributed by atoms with E-state index >= 15 is 0 Å². The van der Waals surface area contributed by atoms with E-state index in [9.17, 15) is 0 Å². The van der Waals surface area contributed by atoms with Crippen molar-refractivity contribution in [2.24, 2.45) is 0 Å². The first-order chi connectivity index (χ1) is 6.41. The minimum Gasteiger partial charge on any atom is -0.558 e. The number of unbranched alkanes of at least 4 members (excludes halogenated alkanes) is 9. The predicted molar refractivity (Wildman–Crippen MR) is 65.0 cm³/mol. The second-order valence-electron chi connectivity index (χ2n) is 3.93. The van der Waals surface area contributed by atoms with Crippen molar-refractivity contribution in [3.8, 4) is 0 Å². The Labute approximate surface area is 87.1 Å². The SMILES string of the molecule is CCCCCCCCCCCC[PH-]. The summed E-state index contributed by atoms with van der Waals surface area (Å²) in [6.45, 7) is 2.28. The van der Waals surface area contributed by atoms with E-state index < -0.39 is 0 Å². The van der Waals surface area contributed by atoms with Crippen LogP contribution in [-0.2, 0) is 0 Å². The van der Waals surface area contributed by atoms with E-state index in [4.69, 9.17) is 0 Å². The van der Waals surface area contributed by atoms with Crippen LogP contribution in [-0.4, -0.2) is 6.16 Å². The summed E-state index contributed by atoms with van der Waals surface area (Å²) in [5.41, 5.74) is 0. The molecule has 0 aromatic rings. The highest BCUT2D eigenvalue weighted by Gasteiger charge is 1.90. The molecule has 0 nitrogen and oxygen atoms in total. The smallest absolute Gasteiger partial charge is 0.0533 e. The third kappa shape index (κ3) is 12.4. The summed E-state index contributed by atoms with van der Waals surface area (Å²) in [5.74, 6) is 0. The molecular weight excluding hydrogens is 175 g/mol. The van der Waals surface area contributed by atoms with Crippen LogP contribution in [0, 0.1) is 0 Å². The summed E-state index contributed by atoms with van der Waals surface area (Å²) < 4.78 is 0. The van der Waals surface area contributed by atoms with Gasteiger partial charge >= 0.3 is 0 Å². The maximum atomic E-state index is 3.50. The standard InChI is InChI=1S/C12H26P/c1-2-3-4-5-6-7-8-9-10-11-12-13/h13H,2-12H2,1H3/q-1. The van der Waals surface area contributed by atoms with Gasteiger partial charge in [0.1, 0.15) is 0 Å². The van der Waals surface area contributed by atoms with Gasteiger partial charge in [-0.05, 0) is 0 Å². The highest BCUT2D eigenvalue weighted by atomic mass is 31.0. The summed E-state index contributed by atoms with van der Waals surface area (Å²) in [5, 5.41) is 0. The molecule has 0 spiro atoms. The highest BCUT2D eigenvalue weighted by Crippen LogP contribution is 2.10. The minimum absolute atomic E-state index is 1.18. The number of hydrogen-bond donors (Lipinski definition) is 0. The molecule has 0 amide bonds. The first-order valence-electron chi connectivity index (χ1n) is 6.06. The molecule has 0 saturated carbocycles. The van der Waals surface area contributed by atoms with Crippen molar-refractivity contribution in [2.45, 2.75) is 71.1 Å². The lowest BCUT2D eigenvalue weighted by Gasteiger charge is -2.02. The van der Waals surface area contributed by atoms with Crippen LogP contribution in [0.15, 0.2) is 0 Å². The molecule has 0 fully saturated rings. The zero-order chi connectivity index (χ0) is 9.78. The van der Waals surface area contributed by atoms with Gasteiger partial charge in [0.05, 0.1) is 0 Å².